The number of carbonyl (C=O) groups excluding carboxylic acids is 2. The van der Waals surface area contributed by atoms with Crippen LogP contribution in [0.2, 0.25) is 0 Å². The summed E-state index contributed by atoms with van der Waals surface area (Å²) in [5.41, 5.74) is 0. The average Bonchev–Trinajstić information content (AvgIpc) is 1.98. The number of nitrogens with zero attached hydrogens (tertiary/aromatic N) is 1. The third kappa shape index (κ3) is 2.86. The maximum Gasteiger partial charge on any atom is 0.320 e. The molecule has 0 aromatic heterocycles. The van der Waals surface area contributed by atoms with E-state index in [2.05, 4.69) is 5.32 Å². The topological polar surface area (TPSA) is 49.4 Å². The van der Waals surface area contributed by atoms with Crippen LogP contribution >= 0.6 is 0 Å². The van der Waals surface area contributed by atoms with Gasteiger partial charge in [0.05, 0.1) is 0 Å². The molecule has 4 heteroatoms. The summed E-state index contributed by atoms with van der Waals surface area (Å²) in [5, 5.41) is 2.39. The molecule has 0 saturated heterocycles. The Balaban J connectivity index is 3.83. The van der Waals surface area contributed by atoms with E-state index in [1.165, 1.54) is 24.2 Å². The van der Waals surface area contributed by atoms with E-state index in [9.17, 15) is 9.59 Å². The summed E-state index contributed by atoms with van der Waals surface area (Å²) in [6.07, 6.45) is 3.24. The lowest BCUT2D eigenvalue weighted by molar-refractivity contribution is -0.104. The van der Waals surface area contributed by atoms with Crippen LogP contribution in [0, 0.1) is 0 Å². The van der Waals surface area contributed by atoms with Crippen molar-refractivity contribution < 1.29 is 9.59 Å². The summed E-state index contributed by atoms with van der Waals surface area (Å²) in [7, 11) is 3.08. The molecule has 4 nitrogen and oxygen atoms in total. The minimum absolute atomic E-state index is 0.252. The van der Waals surface area contributed by atoms with E-state index in [1.807, 2.05) is 0 Å². The first-order valence-electron chi connectivity index (χ1n) is 2.79. The summed E-state index contributed by atoms with van der Waals surface area (Å²) in [5.74, 6) is 0. The lowest BCUT2D eigenvalue weighted by Crippen LogP contribution is -2.30. The zero-order valence-electron chi connectivity index (χ0n) is 6.00. The van der Waals surface area contributed by atoms with Crippen molar-refractivity contribution in [1.82, 2.24) is 10.2 Å². The van der Waals surface area contributed by atoms with Gasteiger partial charge in [-0.15, -0.1) is 0 Å². The molecule has 0 aromatic carbocycles. The molecule has 0 rings (SSSR count). The molecule has 0 radical (unpaired) electrons. The molecule has 10 heavy (non-hydrogen) atoms. The van der Waals surface area contributed by atoms with E-state index < -0.39 is 0 Å². The van der Waals surface area contributed by atoms with Crippen molar-refractivity contribution in [3.8, 4) is 0 Å². The first kappa shape index (κ1) is 8.68. The SMILES string of the molecule is CNC(=O)N(C)/C=C\C=O. The molecule has 0 heterocycles. The van der Waals surface area contributed by atoms with Crippen molar-refractivity contribution in [1.29, 1.82) is 0 Å². The van der Waals surface area contributed by atoms with Crippen molar-refractivity contribution in [3.63, 3.8) is 0 Å². The molecule has 0 bridgehead atoms. The minimum atomic E-state index is -0.252. The van der Waals surface area contributed by atoms with Crippen LogP contribution in [0.4, 0.5) is 4.79 Å². The number of allylic oxidation sites excluding steroid dienone is 1. The van der Waals surface area contributed by atoms with Gasteiger partial charge in [-0.25, -0.2) is 4.79 Å². The Hall–Kier alpha value is -1.32. The van der Waals surface area contributed by atoms with Gasteiger partial charge >= 0.3 is 6.03 Å². The van der Waals surface area contributed by atoms with Crippen LogP contribution in [0.15, 0.2) is 12.3 Å². The fourth-order valence-corrected chi connectivity index (χ4v) is 0.408. The summed E-state index contributed by atoms with van der Waals surface area (Å²) >= 11 is 0. The van der Waals surface area contributed by atoms with Crippen molar-refractivity contribution in [2.45, 2.75) is 0 Å². The highest BCUT2D eigenvalue weighted by molar-refractivity contribution is 5.75. The molecule has 0 atom stereocenters. The van der Waals surface area contributed by atoms with Gasteiger partial charge in [-0.1, -0.05) is 0 Å². The Morgan fingerprint density at radius 3 is 2.60 bits per heavy atom. The quantitative estimate of drug-likeness (QED) is 0.435. The zero-order chi connectivity index (χ0) is 7.98. The normalized spacial score (nSPS) is 9.40. The number of amides is 2. The largest absolute Gasteiger partial charge is 0.341 e. The van der Waals surface area contributed by atoms with Crippen LogP contribution in [0.3, 0.4) is 0 Å². The molecule has 0 aromatic rings. The van der Waals surface area contributed by atoms with Gasteiger partial charge in [-0.05, 0) is 6.08 Å². The number of hydrogen-bond donors (Lipinski definition) is 1. The molecule has 0 aliphatic heterocycles. The fraction of sp³-hybridized carbons (Fsp3) is 0.333. The highest BCUT2D eigenvalue weighted by atomic mass is 16.2. The molecular weight excluding hydrogens is 132 g/mol. The predicted octanol–water partition coefficient (Wildman–Crippen LogP) is -0.0298. The molecule has 0 saturated carbocycles. The van der Waals surface area contributed by atoms with E-state index in [4.69, 9.17) is 0 Å². The number of hydrogen-bond acceptors (Lipinski definition) is 2. The lowest BCUT2D eigenvalue weighted by atomic mass is 10.6. The molecule has 56 valence electrons. The second-order valence-corrected chi connectivity index (χ2v) is 1.64. The van der Waals surface area contributed by atoms with Gasteiger partial charge in [-0.3, -0.25) is 4.79 Å². The average molecular weight is 142 g/mol. The van der Waals surface area contributed by atoms with Gasteiger partial charge in [-0.2, -0.15) is 0 Å². The highest BCUT2D eigenvalue weighted by Gasteiger charge is 1.98. The molecule has 2 amide bonds. The van der Waals surface area contributed by atoms with Crippen LogP contribution in [-0.4, -0.2) is 31.3 Å². The summed E-state index contributed by atoms with van der Waals surface area (Å²) < 4.78 is 0. The van der Waals surface area contributed by atoms with Gasteiger partial charge in [0.1, 0.15) is 6.29 Å². The Labute approximate surface area is 59.5 Å². The van der Waals surface area contributed by atoms with Crippen LogP contribution in [0.5, 0.6) is 0 Å². The van der Waals surface area contributed by atoms with E-state index in [0.717, 1.165) is 0 Å². The van der Waals surface area contributed by atoms with Crippen molar-refractivity contribution >= 4 is 12.3 Å². The van der Waals surface area contributed by atoms with Crippen molar-refractivity contribution in [2.75, 3.05) is 14.1 Å². The Kier molecular flexibility index (Phi) is 3.95. The molecule has 0 aliphatic rings. The van der Waals surface area contributed by atoms with Gasteiger partial charge in [0.25, 0.3) is 0 Å². The van der Waals surface area contributed by atoms with Gasteiger partial charge < -0.3 is 10.2 Å². The summed E-state index contributed by atoms with van der Waals surface area (Å²) in [6, 6.07) is -0.252. The van der Waals surface area contributed by atoms with Crippen molar-refractivity contribution in [2.24, 2.45) is 0 Å². The molecule has 1 N–H and O–H groups in total. The number of rotatable bonds is 2. The number of nitrogens with one attached hydrogen (secondary N) is 1. The maximum atomic E-state index is 10.7. The number of urea groups is 1. The third-order valence-electron chi connectivity index (χ3n) is 0.922. The maximum absolute atomic E-state index is 10.7. The third-order valence-corrected chi connectivity index (χ3v) is 0.922. The monoisotopic (exact) mass is 142 g/mol. The standard InChI is InChI=1S/C6H10N2O2/c1-7-6(10)8(2)4-3-5-9/h3-5H,1-2H3,(H,7,10)/b4-3-. The predicted molar refractivity (Wildman–Crippen MR) is 37.4 cm³/mol. The second-order valence-electron chi connectivity index (χ2n) is 1.64. The first-order chi connectivity index (χ1) is 4.72. The summed E-state index contributed by atoms with van der Waals surface area (Å²) in [6.45, 7) is 0. The van der Waals surface area contributed by atoms with E-state index >= 15 is 0 Å². The first-order valence-corrected chi connectivity index (χ1v) is 2.79. The molecule has 0 fully saturated rings. The van der Waals surface area contributed by atoms with Crippen LogP contribution < -0.4 is 5.32 Å². The Morgan fingerprint density at radius 1 is 1.60 bits per heavy atom. The van der Waals surface area contributed by atoms with E-state index in [-0.39, 0.29) is 6.03 Å². The van der Waals surface area contributed by atoms with Crippen LogP contribution in [-0.2, 0) is 4.79 Å². The van der Waals surface area contributed by atoms with E-state index in [1.54, 1.807) is 7.05 Å². The van der Waals surface area contributed by atoms with Gasteiger partial charge in [0.2, 0.25) is 0 Å². The molecular formula is C6H10N2O2. The molecule has 0 aliphatic carbocycles. The fourth-order valence-electron chi connectivity index (χ4n) is 0.408. The highest BCUT2D eigenvalue weighted by Crippen LogP contribution is 1.82. The minimum Gasteiger partial charge on any atom is -0.341 e. The zero-order valence-corrected chi connectivity index (χ0v) is 6.00. The van der Waals surface area contributed by atoms with Gasteiger partial charge in [0.15, 0.2) is 0 Å². The number of aldehydes is 1. The van der Waals surface area contributed by atoms with E-state index in [0.29, 0.717) is 6.29 Å². The second kappa shape index (κ2) is 4.55. The van der Waals surface area contributed by atoms with Gasteiger partial charge in [0, 0.05) is 20.3 Å². The van der Waals surface area contributed by atoms with Crippen LogP contribution in [0.25, 0.3) is 0 Å². The van der Waals surface area contributed by atoms with Crippen molar-refractivity contribution in [3.05, 3.63) is 12.3 Å². The Morgan fingerprint density at radius 2 is 2.20 bits per heavy atom. The number of carbonyl (C=O) groups is 2. The van der Waals surface area contributed by atoms with Crippen LogP contribution in [0.1, 0.15) is 0 Å². The molecule has 0 spiro atoms. The summed E-state index contributed by atoms with van der Waals surface area (Å²) in [4.78, 5) is 21.7. The smallest absolute Gasteiger partial charge is 0.320 e. The molecule has 0 unspecified atom stereocenters. The Bertz CT molecular complexity index is 154. The lowest BCUT2D eigenvalue weighted by Gasteiger charge is -2.08.